The molecule has 0 aliphatic heterocycles. The van der Waals surface area contributed by atoms with Crippen molar-refractivity contribution in [3.8, 4) is 0 Å². The highest BCUT2D eigenvalue weighted by Crippen LogP contribution is 2.35. The third kappa shape index (κ3) is 6.73. The first-order valence-corrected chi connectivity index (χ1v) is 5.30. The summed E-state index contributed by atoms with van der Waals surface area (Å²) in [7, 11) is -4.53. The van der Waals surface area contributed by atoms with E-state index in [2.05, 4.69) is 9.26 Å². The zero-order valence-corrected chi connectivity index (χ0v) is 8.40. The van der Waals surface area contributed by atoms with E-state index in [4.69, 9.17) is 9.79 Å². The molecule has 0 bridgehead atoms. The van der Waals surface area contributed by atoms with Gasteiger partial charge in [-0.2, -0.15) is 0 Å². The molecule has 0 aromatic rings. The molecule has 0 saturated heterocycles. The van der Waals surface area contributed by atoms with Gasteiger partial charge in [0.1, 0.15) is 6.61 Å². The van der Waals surface area contributed by atoms with E-state index in [1.165, 1.54) is 6.92 Å². The van der Waals surface area contributed by atoms with E-state index in [0.29, 0.717) is 0 Å². The predicted octanol–water partition coefficient (Wildman–Crippen LogP) is -0.382. The Labute approximate surface area is 80.3 Å². The summed E-state index contributed by atoms with van der Waals surface area (Å²) in [6.07, 6.45) is 0.0260. The molecular formula is C6H11O7P. The lowest BCUT2D eigenvalue weighted by molar-refractivity contribution is -0.154. The average molecular weight is 226 g/mol. The molecular weight excluding hydrogens is 215 g/mol. The summed E-state index contributed by atoms with van der Waals surface area (Å²) in [5.74, 6) is -1.72. The molecule has 0 aliphatic rings. The number of ether oxygens (including phenoxy) is 1. The molecule has 0 radical (unpaired) electrons. The van der Waals surface area contributed by atoms with Crippen LogP contribution in [0.2, 0.25) is 0 Å². The minimum absolute atomic E-state index is 0.0260. The molecule has 0 aromatic heterocycles. The van der Waals surface area contributed by atoms with Gasteiger partial charge in [-0.1, -0.05) is 6.92 Å². The van der Waals surface area contributed by atoms with Crippen LogP contribution < -0.4 is 0 Å². The first-order valence-electron chi connectivity index (χ1n) is 3.77. The van der Waals surface area contributed by atoms with Crippen LogP contribution in [0, 0.1) is 0 Å². The van der Waals surface area contributed by atoms with Crippen molar-refractivity contribution in [2.45, 2.75) is 13.3 Å². The van der Waals surface area contributed by atoms with Gasteiger partial charge in [0.05, 0.1) is 6.61 Å². The van der Waals surface area contributed by atoms with Gasteiger partial charge in [-0.25, -0.2) is 9.36 Å². The van der Waals surface area contributed by atoms with Crippen molar-refractivity contribution in [2.24, 2.45) is 0 Å². The molecule has 14 heavy (non-hydrogen) atoms. The number of Topliss-reactive ketones (excluding diaryl/α,β-unsaturated/α-hetero) is 1. The van der Waals surface area contributed by atoms with Crippen LogP contribution in [0.25, 0.3) is 0 Å². The van der Waals surface area contributed by atoms with Gasteiger partial charge >= 0.3 is 13.8 Å². The minimum Gasteiger partial charge on any atom is -0.457 e. The first-order chi connectivity index (χ1) is 6.37. The molecule has 7 nitrogen and oxygen atoms in total. The van der Waals surface area contributed by atoms with Crippen molar-refractivity contribution < 1.29 is 33.2 Å². The van der Waals surface area contributed by atoms with Crippen molar-refractivity contribution in [3.63, 3.8) is 0 Å². The van der Waals surface area contributed by atoms with E-state index in [9.17, 15) is 14.2 Å². The monoisotopic (exact) mass is 226 g/mol. The number of hydrogen-bond acceptors (Lipinski definition) is 5. The summed E-state index contributed by atoms with van der Waals surface area (Å²) in [6, 6.07) is 0. The molecule has 0 spiro atoms. The van der Waals surface area contributed by atoms with E-state index in [-0.39, 0.29) is 13.0 Å². The molecule has 8 heteroatoms. The largest absolute Gasteiger partial charge is 0.469 e. The Balaban J connectivity index is 3.61. The number of carbonyl (C=O) groups excluding carboxylic acids is 2. The SMILES string of the molecule is CCC(=O)C(=O)OCCOP(=O)(O)O. The van der Waals surface area contributed by atoms with Gasteiger partial charge in [0, 0.05) is 6.42 Å². The number of phosphoric ester groups is 1. The molecule has 0 aliphatic carbocycles. The van der Waals surface area contributed by atoms with Crippen molar-refractivity contribution in [2.75, 3.05) is 13.2 Å². The first kappa shape index (κ1) is 13.2. The van der Waals surface area contributed by atoms with Crippen molar-refractivity contribution >= 4 is 19.6 Å². The molecule has 0 atom stereocenters. The van der Waals surface area contributed by atoms with Gasteiger partial charge in [0.2, 0.25) is 5.78 Å². The van der Waals surface area contributed by atoms with Crippen LogP contribution in [-0.2, 0) is 23.4 Å². The normalized spacial score (nSPS) is 11.1. The van der Waals surface area contributed by atoms with Gasteiger partial charge in [0.25, 0.3) is 0 Å². The van der Waals surface area contributed by atoms with Crippen LogP contribution in [0.15, 0.2) is 0 Å². The van der Waals surface area contributed by atoms with E-state index in [1.807, 2.05) is 0 Å². The zero-order valence-electron chi connectivity index (χ0n) is 7.50. The van der Waals surface area contributed by atoms with Crippen LogP contribution >= 0.6 is 7.82 Å². The summed E-state index contributed by atoms with van der Waals surface area (Å²) in [4.78, 5) is 37.8. The van der Waals surface area contributed by atoms with Crippen LogP contribution in [0.3, 0.4) is 0 Å². The fourth-order valence-electron chi connectivity index (χ4n) is 0.515. The van der Waals surface area contributed by atoms with Crippen LogP contribution in [0.4, 0.5) is 0 Å². The molecule has 0 aromatic carbocycles. The summed E-state index contributed by atoms with van der Waals surface area (Å²) in [5.41, 5.74) is 0. The Bertz CT molecular complexity index is 255. The fourth-order valence-corrected chi connectivity index (χ4v) is 0.828. The number of esters is 1. The summed E-state index contributed by atoms with van der Waals surface area (Å²) >= 11 is 0. The Hall–Kier alpha value is -0.750. The second kappa shape index (κ2) is 5.87. The van der Waals surface area contributed by atoms with Crippen molar-refractivity contribution in [1.82, 2.24) is 0 Å². The van der Waals surface area contributed by atoms with E-state index in [0.717, 1.165) is 0 Å². The number of carbonyl (C=O) groups is 2. The summed E-state index contributed by atoms with van der Waals surface area (Å²) in [5, 5.41) is 0. The molecule has 82 valence electrons. The van der Waals surface area contributed by atoms with Crippen LogP contribution in [0.1, 0.15) is 13.3 Å². The number of rotatable bonds is 6. The smallest absolute Gasteiger partial charge is 0.457 e. The Kier molecular flexibility index (Phi) is 5.56. The highest BCUT2D eigenvalue weighted by atomic mass is 31.2. The molecule has 0 saturated carbocycles. The highest BCUT2D eigenvalue weighted by Gasteiger charge is 2.15. The molecule has 2 N–H and O–H groups in total. The quantitative estimate of drug-likeness (QED) is 0.275. The zero-order chi connectivity index (χ0) is 11.2. The van der Waals surface area contributed by atoms with Gasteiger partial charge in [0.15, 0.2) is 0 Å². The molecule has 0 unspecified atom stereocenters. The summed E-state index contributed by atoms with van der Waals surface area (Å²) < 4.78 is 18.4. The maximum atomic E-state index is 10.7. The predicted molar refractivity (Wildman–Crippen MR) is 44.3 cm³/mol. The number of hydrogen-bond donors (Lipinski definition) is 2. The Morgan fingerprint density at radius 2 is 1.86 bits per heavy atom. The number of ketones is 1. The topological polar surface area (TPSA) is 110 Å². The average Bonchev–Trinajstić information content (AvgIpc) is 2.09. The van der Waals surface area contributed by atoms with Gasteiger partial charge in [-0.3, -0.25) is 9.32 Å². The Morgan fingerprint density at radius 3 is 2.29 bits per heavy atom. The molecule has 0 heterocycles. The second-order valence-corrected chi connectivity index (χ2v) is 3.48. The minimum atomic E-state index is -4.53. The third-order valence-electron chi connectivity index (χ3n) is 1.12. The standard InChI is InChI=1S/C6H11O7P/c1-2-5(7)6(8)12-3-4-13-14(9,10)11/h2-4H2,1H3,(H2,9,10,11). The van der Waals surface area contributed by atoms with E-state index in [1.54, 1.807) is 0 Å². The van der Waals surface area contributed by atoms with Crippen LogP contribution in [-0.4, -0.2) is 34.8 Å². The van der Waals surface area contributed by atoms with Crippen molar-refractivity contribution in [3.05, 3.63) is 0 Å². The van der Waals surface area contributed by atoms with E-state index >= 15 is 0 Å². The lowest BCUT2D eigenvalue weighted by Gasteiger charge is -2.05. The maximum Gasteiger partial charge on any atom is 0.469 e. The maximum absolute atomic E-state index is 10.7. The highest BCUT2D eigenvalue weighted by molar-refractivity contribution is 7.46. The summed E-state index contributed by atoms with van der Waals surface area (Å²) in [6.45, 7) is 0.679. The van der Waals surface area contributed by atoms with Crippen molar-refractivity contribution in [1.29, 1.82) is 0 Å². The lowest BCUT2D eigenvalue weighted by atomic mass is 10.3. The van der Waals surface area contributed by atoms with E-state index < -0.39 is 26.2 Å². The second-order valence-electron chi connectivity index (χ2n) is 2.24. The lowest BCUT2D eigenvalue weighted by Crippen LogP contribution is -2.18. The van der Waals surface area contributed by atoms with Gasteiger partial charge in [-0.05, 0) is 0 Å². The van der Waals surface area contributed by atoms with Crippen LogP contribution in [0.5, 0.6) is 0 Å². The Morgan fingerprint density at radius 1 is 1.29 bits per heavy atom. The molecule has 0 fully saturated rings. The number of phosphoric acid groups is 1. The fraction of sp³-hybridized carbons (Fsp3) is 0.667. The molecule has 0 amide bonds. The third-order valence-corrected chi connectivity index (χ3v) is 1.64. The van der Waals surface area contributed by atoms with Gasteiger partial charge in [-0.15, -0.1) is 0 Å². The molecule has 0 rings (SSSR count). The van der Waals surface area contributed by atoms with Gasteiger partial charge < -0.3 is 14.5 Å².